The Bertz CT molecular complexity index is 914. The molecule has 7 heteroatoms. The van der Waals surface area contributed by atoms with Crippen LogP contribution < -0.4 is 0 Å². The second kappa shape index (κ2) is 6.33. The molecule has 0 aliphatic carbocycles. The van der Waals surface area contributed by atoms with Gasteiger partial charge in [0.1, 0.15) is 6.54 Å². The topological polar surface area (TPSA) is 73.4 Å². The van der Waals surface area contributed by atoms with Crippen molar-refractivity contribution in [2.45, 2.75) is 26.5 Å². The van der Waals surface area contributed by atoms with Gasteiger partial charge >= 0.3 is 0 Å². The molecular formula is C18H20N4O3. The second-order valence-corrected chi connectivity index (χ2v) is 6.32. The van der Waals surface area contributed by atoms with Gasteiger partial charge in [0, 0.05) is 30.6 Å². The molecule has 0 unspecified atom stereocenters. The van der Waals surface area contributed by atoms with Crippen LogP contribution in [0.1, 0.15) is 23.4 Å². The Morgan fingerprint density at radius 1 is 1.28 bits per heavy atom. The summed E-state index contributed by atoms with van der Waals surface area (Å²) in [5.74, 6) is 0.985. The largest absolute Gasteiger partial charge is 0.423 e. The standard InChI is InChI=1S/C18H20N4O3/c1-12-9-22(15-6-4-3-5-14(12)15)11-17(23)21-7-8-24-16(10-21)18-20-19-13(2)25-18/h3-6,9,16H,7-8,10-11H2,1-2H3/t16-/m1/s1. The van der Waals surface area contributed by atoms with Crippen molar-refractivity contribution >= 4 is 16.8 Å². The molecule has 0 spiro atoms. The van der Waals surface area contributed by atoms with E-state index in [2.05, 4.69) is 23.2 Å². The van der Waals surface area contributed by atoms with Gasteiger partial charge in [-0.25, -0.2) is 0 Å². The lowest BCUT2D eigenvalue weighted by Gasteiger charge is -2.31. The highest BCUT2D eigenvalue weighted by Gasteiger charge is 2.29. The van der Waals surface area contributed by atoms with E-state index < -0.39 is 0 Å². The number of hydrogen-bond donors (Lipinski definition) is 0. The number of aryl methyl sites for hydroxylation is 2. The highest BCUT2D eigenvalue weighted by atomic mass is 16.5. The summed E-state index contributed by atoms with van der Waals surface area (Å²) in [4.78, 5) is 14.6. The lowest BCUT2D eigenvalue weighted by molar-refractivity contribution is -0.140. The number of hydrogen-bond acceptors (Lipinski definition) is 5. The van der Waals surface area contributed by atoms with Crippen LogP contribution in [0.2, 0.25) is 0 Å². The second-order valence-electron chi connectivity index (χ2n) is 6.32. The molecule has 1 aliphatic rings. The fraction of sp³-hybridized carbons (Fsp3) is 0.389. The Labute approximate surface area is 145 Å². The Hall–Kier alpha value is -2.67. The third kappa shape index (κ3) is 3.02. The van der Waals surface area contributed by atoms with Gasteiger partial charge in [0.25, 0.3) is 0 Å². The molecule has 4 rings (SSSR count). The summed E-state index contributed by atoms with van der Waals surface area (Å²) in [6.45, 7) is 5.57. The molecule has 1 aromatic carbocycles. The van der Waals surface area contributed by atoms with Crippen molar-refractivity contribution in [1.29, 1.82) is 0 Å². The Kier molecular flexibility index (Phi) is 4.01. The third-order valence-corrected chi connectivity index (χ3v) is 4.53. The maximum atomic E-state index is 12.8. The lowest BCUT2D eigenvalue weighted by Crippen LogP contribution is -2.43. The van der Waals surface area contributed by atoms with E-state index in [1.807, 2.05) is 29.0 Å². The van der Waals surface area contributed by atoms with Crippen LogP contribution in [0.25, 0.3) is 10.9 Å². The van der Waals surface area contributed by atoms with Crippen molar-refractivity contribution in [1.82, 2.24) is 19.7 Å². The molecule has 1 amide bonds. The molecule has 0 bridgehead atoms. The van der Waals surface area contributed by atoms with Gasteiger partial charge in [-0.05, 0) is 18.6 Å². The summed E-state index contributed by atoms with van der Waals surface area (Å²) in [5.41, 5.74) is 2.25. The van der Waals surface area contributed by atoms with E-state index in [4.69, 9.17) is 9.15 Å². The molecule has 1 fully saturated rings. The summed E-state index contributed by atoms with van der Waals surface area (Å²) in [5, 5.41) is 9.02. The van der Waals surface area contributed by atoms with Gasteiger partial charge < -0.3 is 18.6 Å². The third-order valence-electron chi connectivity index (χ3n) is 4.53. The number of carbonyl (C=O) groups excluding carboxylic acids is 1. The van der Waals surface area contributed by atoms with Crippen LogP contribution in [-0.2, 0) is 16.1 Å². The van der Waals surface area contributed by atoms with Gasteiger partial charge in [-0.1, -0.05) is 18.2 Å². The smallest absolute Gasteiger partial charge is 0.246 e. The van der Waals surface area contributed by atoms with Crippen molar-refractivity contribution in [3.05, 3.63) is 47.8 Å². The van der Waals surface area contributed by atoms with Gasteiger partial charge in [0.05, 0.1) is 13.2 Å². The summed E-state index contributed by atoms with van der Waals surface area (Å²) >= 11 is 0. The molecule has 3 aromatic rings. The predicted molar refractivity (Wildman–Crippen MR) is 91.0 cm³/mol. The van der Waals surface area contributed by atoms with E-state index in [9.17, 15) is 4.79 Å². The van der Waals surface area contributed by atoms with Gasteiger partial charge in [-0.15, -0.1) is 10.2 Å². The summed E-state index contributed by atoms with van der Waals surface area (Å²) in [6, 6.07) is 8.12. The molecule has 25 heavy (non-hydrogen) atoms. The van der Waals surface area contributed by atoms with Crippen LogP contribution in [0.3, 0.4) is 0 Å². The zero-order chi connectivity index (χ0) is 17.4. The first-order chi connectivity index (χ1) is 12.1. The van der Waals surface area contributed by atoms with Crippen molar-refractivity contribution in [3.8, 4) is 0 Å². The Balaban J connectivity index is 1.50. The highest BCUT2D eigenvalue weighted by molar-refractivity contribution is 5.86. The predicted octanol–water partition coefficient (Wildman–Crippen LogP) is 2.24. The van der Waals surface area contributed by atoms with Crippen LogP contribution in [-0.4, -0.2) is 45.3 Å². The van der Waals surface area contributed by atoms with E-state index in [1.165, 1.54) is 10.9 Å². The summed E-state index contributed by atoms with van der Waals surface area (Å²) < 4.78 is 13.1. The molecule has 1 aliphatic heterocycles. The van der Waals surface area contributed by atoms with Gasteiger partial charge in [0.15, 0.2) is 6.10 Å². The number of carbonyl (C=O) groups is 1. The minimum atomic E-state index is -0.359. The van der Waals surface area contributed by atoms with Gasteiger partial charge in [-0.2, -0.15) is 0 Å². The van der Waals surface area contributed by atoms with Crippen LogP contribution in [0.15, 0.2) is 34.9 Å². The molecule has 0 saturated carbocycles. The van der Waals surface area contributed by atoms with Crippen LogP contribution in [0.5, 0.6) is 0 Å². The average Bonchev–Trinajstić information content (AvgIpc) is 3.20. The first kappa shape index (κ1) is 15.8. The fourth-order valence-corrected chi connectivity index (χ4v) is 3.27. The number of para-hydroxylation sites is 1. The zero-order valence-corrected chi connectivity index (χ0v) is 14.3. The van der Waals surface area contributed by atoms with E-state index in [1.54, 1.807) is 11.8 Å². The molecule has 7 nitrogen and oxygen atoms in total. The molecule has 0 radical (unpaired) electrons. The van der Waals surface area contributed by atoms with E-state index >= 15 is 0 Å². The number of ether oxygens (including phenoxy) is 1. The monoisotopic (exact) mass is 340 g/mol. The van der Waals surface area contributed by atoms with Crippen LogP contribution >= 0.6 is 0 Å². The molecule has 1 saturated heterocycles. The number of morpholine rings is 1. The Morgan fingerprint density at radius 3 is 2.92 bits per heavy atom. The first-order valence-electron chi connectivity index (χ1n) is 8.35. The maximum absolute atomic E-state index is 12.8. The van der Waals surface area contributed by atoms with E-state index in [-0.39, 0.29) is 12.0 Å². The molecule has 0 N–H and O–H groups in total. The average molecular weight is 340 g/mol. The SMILES string of the molecule is Cc1nnc([C@H]2CN(C(=O)Cn3cc(C)c4ccccc43)CCO2)o1. The number of nitrogens with zero attached hydrogens (tertiary/aromatic N) is 4. The van der Waals surface area contributed by atoms with Crippen molar-refractivity contribution in [2.24, 2.45) is 0 Å². The van der Waals surface area contributed by atoms with Crippen LogP contribution in [0.4, 0.5) is 0 Å². The summed E-state index contributed by atoms with van der Waals surface area (Å²) in [6.07, 6.45) is 1.67. The Morgan fingerprint density at radius 2 is 2.12 bits per heavy atom. The lowest BCUT2D eigenvalue weighted by atomic mass is 10.2. The minimum Gasteiger partial charge on any atom is -0.423 e. The molecular weight excluding hydrogens is 320 g/mol. The molecule has 3 heterocycles. The van der Waals surface area contributed by atoms with Crippen molar-refractivity contribution in [3.63, 3.8) is 0 Å². The molecule has 1 atom stereocenters. The van der Waals surface area contributed by atoms with E-state index in [0.717, 1.165) is 5.52 Å². The van der Waals surface area contributed by atoms with Crippen LogP contribution in [0, 0.1) is 13.8 Å². The van der Waals surface area contributed by atoms with E-state index in [0.29, 0.717) is 38.0 Å². The number of rotatable bonds is 3. The number of benzene rings is 1. The molecule has 2 aromatic heterocycles. The normalized spacial score (nSPS) is 18.0. The van der Waals surface area contributed by atoms with Crippen molar-refractivity contribution < 1.29 is 13.9 Å². The number of amides is 1. The summed E-state index contributed by atoms with van der Waals surface area (Å²) in [7, 11) is 0. The fourth-order valence-electron chi connectivity index (χ4n) is 3.27. The van der Waals surface area contributed by atoms with Crippen molar-refractivity contribution in [2.75, 3.05) is 19.7 Å². The highest BCUT2D eigenvalue weighted by Crippen LogP contribution is 2.23. The maximum Gasteiger partial charge on any atom is 0.246 e. The first-order valence-corrected chi connectivity index (χ1v) is 8.35. The molecule has 130 valence electrons. The number of aromatic nitrogens is 3. The van der Waals surface area contributed by atoms with Gasteiger partial charge in [0.2, 0.25) is 17.7 Å². The zero-order valence-electron chi connectivity index (χ0n) is 14.3. The minimum absolute atomic E-state index is 0.0605. The quantitative estimate of drug-likeness (QED) is 0.731. The number of fused-ring (bicyclic) bond motifs is 1. The van der Waals surface area contributed by atoms with Gasteiger partial charge in [-0.3, -0.25) is 4.79 Å².